The minimum atomic E-state index is -0.441. The zero-order valence-corrected chi connectivity index (χ0v) is 22.9. The fourth-order valence-electron chi connectivity index (χ4n) is 4.01. The summed E-state index contributed by atoms with van der Waals surface area (Å²) in [5, 5.41) is 9.04. The molecule has 0 saturated heterocycles. The van der Waals surface area contributed by atoms with Gasteiger partial charge in [0.05, 0.1) is 0 Å². The summed E-state index contributed by atoms with van der Waals surface area (Å²) in [6.45, 7) is 9.33. The van der Waals surface area contributed by atoms with Crippen molar-refractivity contribution in [1.82, 2.24) is 10.6 Å². The van der Waals surface area contributed by atoms with Gasteiger partial charge in [-0.15, -0.1) is 0 Å². The molecule has 2 amide bonds. The van der Waals surface area contributed by atoms with E-state index in [0.717, 1.165) is 47.2 Å². The monoisotopic (exact) mass is 524 g/mol. The van der Waals surface area contributed by atoms with Gasteiger partial charge in [0.1, 0.15) is 36.9 Å². The zero-order valence-electron chi connectivity index (χ0n) is 22.9. The Hall–Kier alpha value is -3.68. The van der Waals surface area contributed by atoms with E-state index in [1.54, 1.807) is 13.8 Å². The molecule has 206 valence electrons. The standard InChI is InChI=1S/C30H40N2O6/c1-5-7-17-31-29(33)37-21(3)19-35-27-23-13-9-11-15-25(23)28(26-16-12-10-14-24(26)27)36-20-22(4)38-30(34)32-18-8-6-2/h9-16,21-22H,5-8,17-20H2,1-4H3,(H,31,33)(H,32,34). The number of ether oxygens (including phenoxy) is 4. The first-order valence-electron chi connectivity index (χ1n) is 13.5. The first-order valence-corrected chi connectivity index (χ1v) is 13.5. The normalized spacial score (nSPS) is 12.5. The Kier molecular flexibility index (Phi) is 11.3. The lowest BCUT2D eigenvalue weighted by atomic mass is 10.0. The summed E-state index contributed by atoms with van der Waals surface area (Å²) in [7, 11) is 0. The van der Waals surface area contributed by atoms with E-state index < -0.39 is 24.4 Å². The Morgan fingerprint density at radius 3 is 1.32 bits per heavy atom. The quantitative estimate of drug-likeness (QED) is 0.183. The number of rotatable bonds is 14. The Morgan fingerprint density at radius 1 is 0.658 bits per heavy atom. The van der Waals surface area contributed by atoms with Gasteiger partial charge in [0.15, 0.2) is 0 Å². The number of nitrogens with one attached hydrogen (secondary N) is 2. The molecule has 8 nitrogen and oxygen atoms in total. The van der Waals surface area contributed by atoms with Crippen LogP contribution >= 0.6 is 0 Å². The molecular weight excluding hydrogens is 484 g/mol. The van der Waals surface area contributed by atoms with Crippen LogP contribution in [0.4, 0.5) is 9.59 Å². The molecular formula is C30H40N2O6. The summed E-state index contributed by atoms with van der Waals surface area (Å²) in [5.41, 5.74) is 0. The van der Waals surface area contributed by atoms with Crippen LogP contribution < -0.4 is 20.1 Å². The van der Waals surface area contributed by atoms with Crippen molar-refractivity contribution in [3.05, 3.63) is 48.5 Å². The molecule has 0 saturated carbocycles. The topological polar surface area (TPSA) is 95.1 Å². The molecule has 3 aromatic rings. The van der Waals surface area contributed by atoms with Gasteiger partial charge in [-0.05, 0) is 26.7 Å². The molecule has 38 heavy (non-hydrogen) atoms. The maximum absolute atomic E-state index is 12.0. The molecule has 8 heteroatoms. The maximum Gasteiger partial charge on any atom is 0.407 e. The number of hydrogen-bond donors (Lipinski definition) is 2. The van der Waals surface area contributed by atoms with E-state index in [1.807, 2.05) is 48.5 Å². The second-order valence-corrected chi connectivity index (χ2v) is 9.36. The van der Waals surface area contributed by atoms with Gasteiger partial charge in [-0.2, -0.15) is 0 Å². The van der Waals surface area contributed by atoms with Crippen molar-refractivity contribution in [3.63, 3.8) is 0 Å². The van der Waals surface area contributed by atoms with E-state index >= 15 is 0 Å². The van der Waals surface area contributed by atoms with Gasteiger partial charge in [-0.3, -0.25) is 0 Å². The number of amides is 2. The molecule has 0 aliphatic carbocycles. The number of benzene rings is 3. The first-order chi connectivity index (χ1) is 18.4. The number of fused-ring (bicyclic) bond motifs is 2. The minimum Gasteiger partial charge on any atom is -0.488 e. The van der Waals surface area contributed by atoms with E-state index in [1.165, 1.54) is 0 Å². The van der Waals surface area contributed by atoms with Gasteiger partial charge in [0.2, 0.25) is 0 Å². The lowest BCUT2D eigenvalue weighted by Crippen LogP contribution is -2.31. The van der Waals surface area contributed by atoms with Crippen molar-refractivity contribution in [1.29, 1.82) is 0 Å². The molecule has 3 aromatic carbocycles. The summed E-state index contributed by atoms with van der Waals surface area (Å²) < 4.78 is 23.4. The van der Waals surface area contributed by atoms with E-state index in [9.17, 15) is 9.59 Å². The van der Waals surface area contributed by atoms with Crippen LogP contribution in [0.2, 0.25) is 0 Å². The van der Waals surface area contributed by atoms with Crippen LogP contribution in [0.5, 0.6) is 11.5 Å². The van der Waals surface area contributed by atoms with Crippen LogP contribution in [0.1, 0.15) is 53.4 Å². The van der Waals surface area contributed by atoms with Crippen molar-refractivity contribution in [2.24, 2.45) is 0 Å². The molecule has 0 fully saturated rings. The average molecular weight is 525 g/mol. The Bertz CT molecular complexity index is 1050. The number of carbonyl (C=O) groups excluding carboxylic acids is 2. The van der Waals surface area contributed by atoms with E-state index in [4.69, 9.17) is 18.9 Å². The van der Waals surface area contributed by atoms with Crippen LogP contribution in [0.25, 0.3) is 21.5 Å². The van der Waals surface area contributed by atoms with Gasteiger partial charge < -0.3 is 29.6 Å². The number of unbranched alkanes of at least 4 members (excludes halogenated alkanes) is 2. The van der Waals surface area contributed by atoms with Gasteiger partial charge in [-0.25, -0.2) is 9.59 Å². The molecule has 2 unspecified atom stereocenters. The summed E-state index contributed by atoms with van der Waals surface area (Å²) >= 11 is 0. The first kappa shape index (κ1) is 28.9. The molecule has 2 N–H and O–H groups in total. The molecule has 0 aromatic heterocycles. The lowest BCUT2D eigenvalue weighted by molar-refractivity contribution is 0.0751. The summed E-state index contributed by atoms with van der Waals surface area (Å²) in [6.07, 6.45) is 2.05. The molecule has 0 aliphatic heterocycles. The molecule has 0 spiro atoms. The second kappa shape index (κ2) is 14.9. The van der Waals surface area contributed by atoms with Crippen LogP contribution in [-0.2, 0) is 9.47 Å². The van der Waals surface area contributed by atoms with Crippen molar-refractivity contribution in [2.45, 2.75) is 65.6 Å². The molecule has 3 rings (SSSR count). The van der Waals surface area contributed by atoms with E-state index in [2.05, 4.69) is 24.5 Å². The molecule has 0 heterocycles. The molecule has 0 radical (unpaired) electrons. The Labute approximate surface area is 225 Å². The molecule has 0 aliphatic rings. The van der Waals surface area contributed by atoms with Crippen molar-refractivity contribution in [2.75, 3.05) is 26.3 Å². The predicted octanol–water partition coefficient (Wildman–Crippen LogP) is 6.58. The van der Waals surface area contributed by atoms with Crippen LogP contribution in [0, 0.1) is 0 Å². The van der Waals surface area contributed by atoms with Crippen molar-refractivity contribution < 1.29 is 28.5 Å². The molecule has 0 bridgehead atoms. The summed E-state index contributed by atoms with van der Waals surface area (Å²) in [5.74, 6) is 1.40. The lowest BCUT2D eigenvalue weighted by Gasteiger charge is -2.21. The number of hydrogen-bond acceptors (Lipinski definition) is 6. The number of alkyl carbamates (subject to hydrolysis) is 2. The van der Waals surface area contributed by atoms with Crippen LogP contribution in [0.15, 0.2) is 48.5 Å². The zero-order chi connectivity index (χ0) is 27.3. The highest BCUT2D eigenvalue weighted by molar-refractivity contribution is 6.11. The minimum absolute atomic E-state index is 0.202. The third kappa shape index (κ3) is 8.16. The fraction of sp³-hybridized carbons (Fsp3) is 0.467. The highest BCUT2D eigenvalue weighted by atomic mass is 16.6. The third-order valence-electron chi connectivity index (χ3n) is 5.97. The summed E-state index contributed by atoms with van der Waals surface area (Å²) in [4.78, 5) is 24.1. The molecule has 2 atom stereocenters. The highest BCUT2D eigenvalue weighted by Gasteiger charge is 2.19. The third-order valence-corrected chi connectivity index (χ3v) is 5.97. The van der Waals surface area contributed by atoms with Crippen LogP contribution in [0.3, 0.4) is 0 Å². The van der Waals surface area contributed by atoms with Crippen LogP contribution in [-0.4, -0.2) is 50.7 Å². The highest BCUT2D eigenvalue weighted by Crippen LogP contribution is 2.42. The van der Waals surface area contributed by atoms with Crippen molar-refractivity contribution >= 4 is 33.7 Å². The van der Waals surface area contributed by atoms with Crippen molar-refractivity contribution in [3.8, 4) is 11.5 Å². The van der Waals surface area contributed by atoms with Gasteiger partial charge in [0, 0.05) is 34.6 Å². The maximum atomic E-state index is 12.0. The summed E-state index contributed by atoms with van der Waals surface area (Å²) in [6, 6.07) is 15.7. The average Bonchev–Trinajstić information content (AvgIpc) is 2.90. The number of carbonyl (C=O) groups is 2. The fourth-order valence-corrected chi connectivity index (χ4v) is 4.01. The van der Waals surface area contributed by atoms with E-state index in [0.29, 0.717) is 24.6 Å². The van der Waals surface area contributed by atoms with Gasteiger partial charge in [0.25, 0.3) is 0 Å². The Morgan fingerprint density at radius 2 is 1.00 bits per heavy atom. The Balaban J connectivity index is 1.76. The smallest absolute Gasteiger partial charge is 0.407 e. The second-order valence-electron chi connectivity index (χ2n) is 9.36. The SMILES string of the molecule is CCCCNC(=O)OC(C)COc1c2ccccc2c(OCC(C)OC(=O)NCCCC)c2ccccc12. The predicted molar refractivity (Wildman–Crippen MR) is 150 cm³/mol. The van der Waals surface area contributed by atoms with E-state index in [-0.39, 0.29) is 13.2 Å². The van der Waals surface area contributed by atoms with Gasteiger partial charge >= 0.3 is 12.2 Å². The largest absolute Gasteiger partial charge is 0.488 e. The van der Waals surface area contributed by atoms with Gasteiger partial charge in [-0.1, -0.05) is 75.2 Å².